The van der Waals surface area contributed by atoms with Gasteiger partial charge in [-0.05, 0) is 39.8 Å². The van der Waals surface area contributed by atoms with Crippen molar-refractivity contribution in [3.63, 3.8) is 0 Å². The quantitative estimate of drug-likeness (QED) is 0.745. The summed E-state index contributed by atoms with van der Waals surface area (Å²) in [7, 11) is 0. The van der Waals surface area contributed by atoms with Gasteiger partial charge in [-0.1, -0.05) is 12.1 Å². The molecule has 2 heterocycles. The number of benzene rings is 1. The lowest BCUT2D eigenvalue weighted by Crippen LogP contribution is -2.47. The third kappa shape index (κ3) is 4.06. The summed E-state index contributed by atoms with van der Waals surface area (Å²) in [5, 5.41) is 8.22. The number of alkyl halides is 3. The van der Waals surface area contributed by atoms with E-state index >= 15 is 0 Å². The molecule has 27 heavy (non-hydrogen) atoms. The minimum absolute atomic E-state index is 0.170. The number of fused-ring (bicyclic) bond motifs is 1. The Bertz CT molecular complexity index is 838. The number of ether oxygens (including phenoxy) is 1. The molecule has 6 nitrogen and oxygen atoms in total. The number of rotatable bonds is 1. The van der Waals surface area contributed by atoms with Gasteiger partial charge in [0, 0.05) is 12.1 Å². The zero-order valence-corrected chi connectivity index (χ0v) is 15.5. The molecule has 0 fully saturated rings. The normalized spacial score (nSPS) is 17.6. The van der Waals surface area contributed by atoms with Crippen molar-refractivity contribution in [1.29, 1.82) is 0 Å². The van der Waals surface area contributed by atoms with Gasteiger partial charge < -0.3 is 9.30 Å². The van der Waals surface area contributed by atoms with Gasteiger partial charge in [-0.2, -0.15) is 13.2 Å². The average molecular weight is 382 g/mol. The Morgan fingerprint density at radius 3 is 2.33 bits per heavy atom. The fourth-order valence-corrected chi connectivity index (χ4v) is 2.90. The Kier molecular flexibility index (Phi) is 4.65. The molecule has 0 bridgehead atoms. The molecule has 0 saturated heterocycles. The van der Waals surface area contributed by atoms with E-state index in [1.54, 1.807) is 25.7 Å². The van der Waals surface area contributed by atoms with Crippen LogP contribution in [0, 0.1) is 0 Å². The first-order chi connectivity index (χ1) is 12.5. The predicted molar refractivity (Wildman–Crippen MR) is 91.7 cm³/mol. The second-order valence-corrected chi connectivity index (χ2v) is 7.58. The summed E-state index contributed by atoms with van der Waals surface area (Å²) in [5.74, 6) is 1.04. The molecule has 0 aliphatic carbocycles. The second kappa shape index (κ2) is 6.54. The summed E-state index contributed by atoms with van der Waals surface area (Å²) in [5.41, 5.74) is -0.776. The van der Waals surface area contributed by atoms with Gasteiger partial charge in [0.15, 0.2) is 11.6 Å². The van der Waals surface area contributed by atoms with Crippen LogP contribution in [0.15, 0.2) is 24.3 Å². The summed E-state index contributed by atoms with van der Waals surface area (Å²) < 4.78 is 45.5. The van der Waals surface area contributed by atoms with Crippen LogP contribution in [0.1, 0.15) is 39.1 Å². The number of carbonyl (C=O) groups excluding carboxylic acids is 1. The zero-order chi connectivity index (χ0) is 20.0. The number of aromatic nitrogens is 3. The number of nitrogens with zero attached hydrogens (tertiary/aromatic N) is 4. The van der Waals surface area contributed by atoms with Crippen molar-refractivity contribution < 1.29 is 22.7 Å². The molecule has 1 aliphatic rings. The predicted octanol–water partition coefficient (Wildman–Crippen LogP) is 4.10. The van der Waals surface area contributed by atoms with Gasteiger partial charge in [-0.3, -0.25) is 4.90 Å². The summed E-state index contributed by atoms with van der Waals surface area (Å²) >= 11 is 0. The number of amides is 1. The third-order valence-electron chi connectivity index (χ3n) is 4.22. The third-order valence-corrected chi connectivity index (χ3v) is 4.22. The first-order valence-corrected chi connectivity index (χ1v) is 8.55. The highest BCUT2D eigenvalue weighted by atomic mass is 19.4. The number of halogens is 3. The monoisotopic (exact) mass is 382 g/mol. The molecular weight excluding hydrogens is 361 g/mol. The standard InChI is InChI=1S/C18H21F3N4O2/c1-11-9-25-14(10-24(11)16(26)27-17(2,3)4)22-23-15(25)12-5-7-13(8-6-12)18(19,20)21/h5-8,11H,9-10H2,1-4H3/t11-/m0/s1. The molecule has 1 amide bonds. The van der Waals surface area contributed by atoms with E-state index in [0.29, 0.717) is 23.8 Å². The minimum atomic E-state index is -4.38. The van der Waals surface area contributed by atoms with Crippen LogP contribution in [0.2, 0.25) is 0 Å². The Balaban J connectivity index is 1.84. The molecule has 9 heteroatoms. The van der Waals surface area contributed by atoms with E-state index in [-0.39, 0.29) is 12.6 Å². The number of hydrogen-bond acceptors (Lipinski definition) is 4. The van der Waals surface area contributed by atoms with Gasteiger partial charge in [0.2, 0.25) is 0 Å². The lowest BCUT2D eigenvalue weighted by molar-refractivity contribution is -0.137. The van der Waals surface area contributed by atoms with Crippen molar-refractivity contribution in [2.24, 2.45) is 0 Å². The highest BCUT2D eigenvalue weighted by Crippen LogP contribution is 2.31. The van der Waals surface area contributed by atoms with E-state index in [1.807, 2.05) is 11.5 Å². The maximum absolute atomic E-state index is 12.7. The van der Waals surface area contributed by atoms with E-state index in [2.05, 4.69) is 10.2 Å². The van der Waals surface area contributed by atoms with E-state index in [9.17, 15) is 18.0 Å². The molecule has 0 saturated carbocycles. The van der Waals surface area contributed by atoms with Crippen LogP contribution in [0.4, 0.5) is 18.0 Å². The summed E-state index contributed by atoms with van der Waals surface area (Å²) in [6.45, 7) is 7.92. The summed E-state index contributed by atoms with van der Waals surface area (Å²) in [6, 6.07) is 4.64. The highest BCUT2D eigenvalue weighted by Gasteiger charge is 2.33. The second-order valence-electron chi connectivity index (χ2n) is 7.58. The molecule has 1 aromatic carbocycles. The zero-order valence-electron chi connectivity index (χ0n) is 15.5. The van der Waals surface area contributed by atoms with Crippen molar-refractivity contribution in [1.82, 2.24) is 19.7 Å². The molecule has 146 valence electrons. The topological polar surface area (TPSA) is 60.2 Å². The first-order valence-electron chi connectivity index (χ1n) is 8.55. The Hall–Kier alpha value is -2.58. The Labute approximate surface area is 154 Å². The SMILES string of the molecule is C[C@H]1Cn2c(nnc2-c2ccc(C(F)(F)F)cc2)CN1C(=O)OC(C)(C)C. The minimum Gasteiger partial charge on any atom is -0.444 e. The lowest BCUT2D eigenvalue weighted by atomic mass is 10.1. The van der Waals surface area contributed by atoms with Crippen LogP contribution in [0.3, 0.4) is 0 Å². The van der Waals surface area contributed by atoms with Gasteiger partial charge in [0.05, 0.1) is 18.2 Å². The van der Waals surface area contributed by atoms with Gasteiger partial charge in [-0.15, -0.1) is 10.2 Å². The van der Waals surface area contributed by atoms with Crippen LogP contribution in [-0.2, 0) is 24.0 Å². The molecule has 0 spiro atoms. The van der Waals surface area contributed by atoms with Crippen LogP contribution in [0.5, 0.6) is 0 Å². The summed E-state index contributed by atoms with van der Waals surface area (Å²) in [6.07, 6.45) is -4.81. The van der Waals surface area contributed by atoms with Gasteiger partial charge >= 0.3 is 12.3 Å². The van der Waals surface area contributed by atoms with Crippen LogP contribution < -0.4 is 0 Å². The Morgan fingerprint density at radius 2 is 1.78 bits per heavy atom. The lowest BCUT2D eigenvalue weighted by Gasteiger charge is -2.35. The van der Waals surface area contributed by atoms with Crippen LogP contribution in [0.25, 0.3) is 11.4 Å². The molecule has 0 N–H and O–H groups in total. The first kappa shape index (κ1) is 19.2. The maximum Gasteiger partial charge on any atom is 0.416 e. The fraction of sp³-hybridized carbons (Fsp3) is 0.500. The number of hydrogen-bond donors (Lipinski definition) is 0. The van der Waals surface area contributed by atoms with Gasteiger partial charge in [0.25, 0.3) is 0 Å². The molecule has 3 rings (SSSR count). The van der Waals surface area contributed by atoms with Gasteiger partial charge in [0.1, 0.15) is 5.60 Å². The largest absolute Gasteiger partial charge is 0.444 e. The molecule has 0 unspecified atom stereocenters. The molecule has 1 aliphatic heterocycles. The van der Waals surface area contributed by atoms with Crippen molar-refractivity contribution in [2.75, 3.05) is 0 Å². The van der Waals surface area contributed by atoms with E-state index < -0.39 is 23.4 Å². The maximum atomic E-state index is 12.7. The summed E-state index contributed by atoms with van der Waals surface area (Å²) in [4.78, 5) is 14.0. The fourth-order valence-electron chi connectivity index (χ4n) is 2.90. The molecular formula is C18H21F3N4O2. The van der Waals surface area contributed by atoms with Crippen molar-refractivity contribution in [2.45, 2.75) is 58.6 Å². The molecule has 0 radical (unpaired) electrons. The Morgan fingerprint density at radius 1 is 1.15 bits per heavy atom. The van der Waals surface area contributed by atoms with Crippen LogP contribution in [-0.4, -0.2) is 37.4 Å². The molecule has 1 aromatic heterocycles. The van der Waals surface area contributed by atoms with Crippen molar-refractivity contribution in [3.05, 3.63) is 35.7 Å². The highest BCUT2D eigenvalue weighted by molar-refractivity contribution is 5.69. The van der Waals surface area contributed by atoms with Crippen molar-refractivity contribution >= 4 is 6.09 Å². The van der Waals surface area contributed by atoms with E-state index in [0.717, 1.165) is 12.1 Å². The molecule has 1 atom stereocenters. The number of carbonyl (C=O) groups is 1. The average Bonchev–Trinajstić information content (AvgIpc) is 2.94. The van der Waals surface area contributed by atoms with Gasteiger partial charge in [-0.25, -0.2) is 4.79 Å². The van der Waals surface area contributed by atoms with Crippen LogP contribution >= 0.6 is 0 Å². The molecule has 2 aromatic rings. The van der Waals surface area contributed by atoms with E-state index in [4.69, 9.17) is 4.74 Å². The van der Waals surface area contributed by atoms with Crippen molar-refractivity contribution in [3.8, 4) is 11.4 Å². The van der Waals surface area contributed by atoms with E-state index in [1.165, 1.54) is 12.1 Å². The smallest absolute Gasteiger partial charge is 0.416 e.